The lowest BCUT2D eigenvalue weighted by molar-refractivity contribution is 0.411. The van der Waals surface area contributed by atoms with Crippen molar-refractivity contribution in [3.63, 3.8) is 0 Å². The normalized spacial score (nSPS) is 10.4. The lowest BCUT2D eigenvalue weighted by atomic mass is 10.3. The van der Waals surface area contributed by atoms with Crippen molar-refractivity contribution in [3.05, 3.63) is 50.4 Å². The molecule has 2 aromatic carbocycles. The Kier molecular flexibility index (Phi) is 4.13. The van der Waals surface area contributed by atoms with E-state index in [0.717, 1.165) is 0 Å². The van der Waals surface area contributed by atoms with Gasteiger partial charge in [0.15, 0.2) is 11.5 Å². The molecule has 0 heterocycles. The van der Waals surface area contributed by atoms with E-state index in [1.807, 2.05) is 0 Å². The van der Waals surface area contributed by atoms with Gasteiger partial charge in [-0.2, -0.15) is 0 Å². The van der Waals surface area contributed by atoms with Crippen LogP contribution in [0.5, 0.6) is 17.2 Å². The minimum Gasteiger partial charge on any atom is -0.503 e. The van der Waals surface area contributed by atoms with Gasteiger partial charge < -0.3 is 9.84 Å². The average Bonchev–Trinajstić information content (AvgIpc) is 2.29. The quantitative estimate of drug-likeness (QED) is 0.757. The second-order valence-corrected chi connectivity index (χ2v) is 5.10. The van der Waals surface area contributed by atoms with Crippen LogP contribution in [0.2, 0.25) is 20.1 Å². The minimum absolute atomic E-state index is 0.0996. The summed E-state index contributed by atoms with van der Waals surface area (Å²) in [5.41, 5.74) is 0. The van der Waals surface area contributed by atoms with Crippen LogP contribution in [-0.2, 0) is 0 Å². The first-order valence-corrected chi connectivity index (χ1v) is 6.29. The molecule has 0 atom stereocenters. The third-order valence-corrected chi connectivity index (χ3v) is 3.14. The van der Waals surface area contributed by atoms with E-state index in [2.05, 4.69) is 0 Å². The molecule has 0 amide bonds. The molecule has 6 heteroatoms. The number of hydrogen-bond donors (Lipinski definition) is 1. The van der Waals surface area contributed by atoms with Crippen LogP contribution in [0.1, 0.15) is 0 Å². The number of aromatic hydroxyl groups is 1. The van der Waals surface area contributed by atoms with Gasteiger partial charge in [-0.3, -0.25) is 0 Å². The molecule has 2 aromatic rings. The fourth-order valence-corrected chi connectivity index (χ4v) is 2.22. The predicted molar refractivity (Wildman–Crippen MR) is 74.7 cm³/mol. The molecule has 0 aliphatic heterocycles. The maximum Gasteiger partial charge on any atom is 0.177 e. The summed E-state index contributed by atoms with van der Waals surface area (Å²) in [6.07, 6.45) is 0. The molecule has 18 heavy (non-hydrogen) atoms. The summed E-state index contributed by atoms with van der Waals surface area (Å²) in [6.45, 7) is 0. The second-order valence-electron chi connectivity index (χ2n) is 3.41. The summed E-state index contributed by atoms with van der Waals surface area (Å²) in [5, 5.41) is 11.0. The molecule has 0 saturated heterocycles. The van der Waals surface area contributed by atoms with Crippen LogP contribution in [0.15, 0.2) is 30.3 Å². The summed E-state index contributed by atoms with van der Waals surface area (Å²) < 4.78 is 5.45. The summed E-state index contributed by atoms with van der Waals surface area (Å²) in [7, 11) is 0. The Morgan fingerprint density at radius 3 is 2.11 bits per heavy atom. The third-order valence-electron chi connectivity index (χ3n) is 2.11. The first kappa shape index (κ1) is 13.6. The number of hydrogen-bond acceptors (Lipinski definition) is 2. The second kappa shape index (κ2) is 5.45. The molecule has 0 spiro atoms. The summed E-state index contributed by atoms with van der Waals surface area (Å²) in [6, 6.07) is 7.58. The first-order chi connectivity index (χ1) is 8.47. The van der Waals surface area contributed by atoms with E-state index >= 15 is 0 Å². The van der Waals surface area contributed by atoms with E-state index < -0.39 is 0 Å². The number of phenols is 1. The van der Waals surface area contributed by atoms with Gasteiger partial charge >= 0.3 is 0 Å². The Balaban J connectivity index is 2.40. The maximum absolute atomic E-state index is 9.74. The third kappa shape index (κ3) is 2.96. The van der Waals surface area contributed by atoms with Crippen molar-refractivity contribution in [2.45, 2.75) is 0 Å². The largest absolute Gasteiger partial charge is 0.503 e. The Hall–Kier alpha value is -0.800. The highest BCUT2D eigenvalue weighted by molar-refractivity contribution is 6.36. The van der Waals surface area contributed by atoms with E-state index in [0.29, 0.717) is 20.8 Å². The first-order valence-electron chi connectivity index (χ1n) is 4.78. The molecular weight excluding hydrogens is 318 g/mol. The number of benzene rings is 2. The lowest BCUT2D eigenvalue weighted by Crippen LogP contribution is -1.87. The van der Waals surface area contributed by atoms with E-state index in [4.69, 9.17) is 51.1 Å². The van der Waals surface area contributed by atoms with Gasteiger partial charge in [-0.25, -0.2) is 0 Å². The molecule has 94 valence electrons. The standard InChI is InChI=1S/C12H6Cl4O2/c13-6-1-2-10(8(15)3-6)18-11-5-7(14)4-9(16)12(11)17/h1-5,17H. The SMILES string of the molecule is Oc1c(Cl)cc(Cl)cc1Oc1ccc(Cl)cc1Cl. The molecule has 0 radical (unpaired) electrons. The Morgan fingerprint density at radius 1 is 0.778 bits per heavy atom. The van der Waals surface area contributed by atoms with Gasteiger partial charge in [-0.15, -0.1) is 0 Å². The lowest BCUT2D eigenvalue weighted by Gasteiger charge is -2.10. The highest BCUT2D eigenvalue weighted by Gasteiger charge is 2.12. The van der Waals surface area contributed by atoms with Gasteiger partial charge in [0.05, 0.1) is 10.0 Å². The van der Waals surface area contributed by atoms with Crippen molar-refractivity contribution >= 4 is 46.4 Å². The number of rotatable bonds is 2. The molecule has 0 aromatic heterocycles. The molecule has 0 aliphatic rings. The zero-order valence-corrected chi connectivity index (χ0v) is 11.8. The molecular formula is C12H6Cl4O2. The summed E-state index contributed by atoms with van der Waals surface area (Å²) in [5.74, 6) is 0.263. The van der Waals surface area contributed by atoms with Gasteiger partial charge in [0.25, 0.3) is 0 Å². The van der Waals surface area contributed by atoms with Crippen molar-refractivity contribution in [1.82, 2.24) is 0 Å². The topological polar surface area (TPSA) is 29.5 Å². The van der Waals surface area contributed by atoms with Crippen LogP contribution in [0.3, 0.4) is 0 Å². The Labute approximate surface area is 124 Å². The van der Waals surface area contributed by atoms with Crippen molar-refractivity contribution in [2.75, 3.05) is 0 Å². The van der Waals surface area contributed by atoms with Crippen molar-refractivity contribution in [1.29, 1.82) is 0 Å². The van der Waals surface area contributed by atoms with Crippen LogP contribution >= 0.6 is 46.4 Å². The number of ether oxygens (including phenoxy) is 1. The predicted octanol–water partition coefficient (Wildman–Crippen LogP) is 5.80. The summed E-state index contributed by atoms with van der Waals surface area (Å²) >= 11 is 23.3. The molecule has 2 rings (SSSR count). The fourth-order valence-electron chi connectivity index (χ4n) is 1.30. The van der Waals surface area contributed by atoms with Gasteiger partial charge in [0.1, 0.15) is 5.75 Å². The monoisotopic (exact) mass is 322 g/mol. The Morgan fingerprint density at radius 2 is 1.44 bits per heavy atom. The fraction of sp³-hybridized carbons (Fsp3) is 0. The number of halogens is 4. The maximum atomic E-state index is 9.74. The molecule has 0 bridgehead atoms. The van der Waals surface area contributed by atoms with Crippen LogP contribution in [-0.4, -0.2) is 5.11 Å². The Bertz CT molecular complexity index is 599. The molecule has 0 fully saturated rings. The van der Waals surface area contributed by atoms with Gasteiger partial charge in [0, 0.05) is 16.1 Å². The van der Waals surface area contributed by atoms with Crippen LogP contribution in [0.4, 0.5) is 0 Å². The molecule has 0 unspecified atom stereocenters. The highest BCUT2D eigenvalue weighted by atomic mass is 35.5. The van der Waals surface area contributed by atoms with Gasteiger partial charge in [-0.1, -0.05) is 46.4 Å². The van der Waals surface area contributed by atoms with E-state index in [1.165, 1.54) is 18.2 Å². The van der Waals surface area contributed by atoms with Gasteiger partial charge in [-0.05, 0) is 24.3 Å². The highest BCUT2D eigenvalue weighted by Crippen LogP contribution is 2.41. The van der Waals surface area contributed by atoms with Crippen molar-refractivity contribution in [3.8, 4) is 17.2 Å². The van der Waals surface area contributed by atoms with Crippen molar-refractivity contribution < 1.29 is 9.84 Å². The molecule has 0 aliphatic carbocycles. The van der Waals surface area contributed by atoms with Crippen LogP contribution in [0, 0.1) is 0 Å². The van der Waals surface area contributed by atoms with Crippen LogP contribution < -0.4 is 4.74 Å². The smallest absolute Gasteiger partial charge is 0.177 e. The summed E-state index contributed by atoms with van der Waals surface area (Å²) in [4.78, 5) is 0. The average molecular weight is 324 g/mol. The number of phenolic OH excluding ortho intramolecular Hbond substituents is 1. The molecule has 2 nitrogen and oxygen atoms in total. The zero-order valence-electron chi connectivity index (χ0n) is 8.75. The van der Waals surface area contributed by atoms with Gasteiger partial charge in [0.2, 0.25) is 0 Å². The zero-order chi connectivity index (χ0) is 13.3. The van der Waals surface area contributed by atoms with Crippen LogP contribution in [0.25, 0.3) is 0 Å². The molecule has 0 saturated carbocycles. The van der Waals surface area contributed by atoms with Crippen molar-refractivity contribution in [2.24, 2.45) is 0 Å². The van der Waals surface area contributed by atoms with E-state index in [-0.39, 0.29) is 16.5 Å². The molecule has 1 N–H and O–H groups in total. The van der Waals surface area contributed by atoms with E-state index in [1.54, 1.807) is 12.1 Å². The minimum atomic E-state index is -0.202. The van der Waals surface area contributed by atoms with E-state index in [9.17, 15) is 5.11 Å².